The summed E-state index contributed by atoms with van der Waals surface area (Å²) in [7, 11) is 0. The molecule has 0 saturated carbocycles. The fraction of sp³-hybridized carbons (Fsp3) is 0.235. The van der Waals surface area contributed by atoms with Gasteiger partial charge in [-0.05, 0) is 49.6 Å². The number of nitrogens with one attached hydrogen (secondary N) is 1. The summed E-state index contributed by atoms with van der Waals surface area (Å²) in [5.74, 6) is -0.0325. The van der Waals surface area contributed by atoms with E-state index in [9.17, 15) is 4.79 Å². The molecule has 0 spiro atoms. The number of carbonyl (C=O) groups excluding carboxylic acids is 1. The van der Waals surface area contributed by atoms with Crippen molar-refractivity contribution in [1.29, 1.82) is 0 Å². The summed E-state index contributed by atoms with van der Waals surface area (Å²) in [6.07, 6.45) is 0. The molecule has 2 nitrogen and oxygen atoms in total. The van der Waals surface area contributed by atoms with Crippen molar-refractivity contribution in [2.24, 2.45) is 0 Å². The quantitative estimate of drug-likeness (QED) is 0.901. The predicted octanol–water partition coefficient (Wildman–Crippen LogP) is 4.20. The minimum atomic E-state index is -0.0325. The Hall–Kier alpha value is -1.80. The van der Waals surface area contributed by atoms with E-state index in [0.29, 0.717) is 11.6 Å². The minimum absolute atomic E-state index is 0.0325. The molecular weight excluding hydrogens is 270 g/mol. The molecule has 0 radical (unpaired) electrons. The van der Waals surface area contributed by atoms with Gasteiger partial charge in [0.25, 0.3) is 5.91 Å². The van der Waals surface area contributed by atoms with Gasteiger partial charge in [0, 0.05) is 17.1 Å². The van der Waals surface area contributed by atoms with Crippen LogP contribution in [0.15, 0.2) is 36.4 Å². The van der Waals surface area contributed by atoms with Gasteiger partial charge < -0.3 is 5.32 Å². The number of hydrogen-bond donors (Lipinski definition) is 1. The third kappa shape index (κ3) is 3.40. The van der Waals surface area contributed by atoms with Crippen LogP contribution in [0.5, 0.6) is 0 Å². The maximum Gasteiger partial charge on any atom is 0.252 e. The second-order valence-corrected chi connectivity index (χ2v) is 5.52. The second-order valence-electron chi connectivity index (χ2n) is 5.08. The fourth-order valence-corrected chi connectivity index (χ4v) is 2.54. The van der Waals surface area contributed by atoms with Crippen molar-refractivity contribution >= 4 is 17.5 Å². The highest BCUT2D eigenvalue weighted by atomic mass is 35.5. The normalized spacial score (nSPS) is 10.4. The fourth-order valence-electron chi connectivity index (χ4n) is 2.41. The van der Waals surface area contributed by atoms with E-state index in [1.165, 1.54) is 5.56 Å². The Morgan fingerprint density at radius 1 is 1.05 bits per heavy atom. The van der Waals surface area contributed by atoms with Crippen molar-refractivity contribution in [3.8, 4) is 0 Å². The van der Waals surface area contributed by atoms with Gasteiger partial charge in [0.15, 0.2) is 0 Å². The lowest BCUT2D eigenvalue weighted by Crippen LogP contribution is -2.24. The van der Waals surface area contributed by atoms with Crippen LogP contribution in [0.25, 0.3) is 0 Å². The van der Waals surface area contributed by atoms with E-state index in [2.05, 4.69) is 5.32 Å². The van der Waals surface area contributed by atoms with E-state index in [1.54, 1.807) is 0 Å². The molecule has 0 saturated heterocycles. The molecule has 0 atom stereocenters. The number of hydrogen-bond acceptors (Lipinski definition) is 1. The molecule has 0 aliphatic carbocycles. The maximum absolute atomic E-state index is 12.3. The highest BCUT2D eigenvalue weighted by Gasteiger charge is 2.12. The highest BCUT2D eigenvalue weighted by molar-refractivity contribution is 6.30. The highest BCUT2D eigenvalue weighted by Crippen LogP contribution is 2.16. The van der Waals surface area contributed by atoms with E-state index < -0.39 is 0 Å². The van der Waals surface area contributed by atoms with Crippen molar-refractivity contribution in [1.82, 2.24) is 5.32 Å². The lowest BCUT2D eigenvalue weighted by molar-refractivity contribution is 0.0949. The molecule has 2 aromatic carbocycles. The van der Waals surface area contributed by atoms with Crippen LogP contribution in [0, 0.1) is 20.8 Å². The van der Waals surface area contributed by atoms with E-state index in [-0.39, 0.29) is 5.91 Å². The van der Waals surface area contributed by atoms with E-state index in [0.717, 1.165) is 22.3 Å². The van der Waals surface area contributed by atoms with E-state index in [1.807, 2.05) is 57.2 Å². The molecule has 0 bridgehead atoms. The van der Waals surface area contributed by atoms with Crippen LogP contribution in [-0.2, 0) is 6.54 Å². The topological polar surface area (TPSA) is 29.1 Å². The zero-order chi connectivity index (χ0) is 14.7. The molecule has 104 valence electrons. The molecule has 0 aliphatic rings. The molecule has 0 aromatic heterocycles. The standard InChI is InChI=1S/C17H18ClNO/c1-11-8-12(2)16(13(3)9-11)17(20)19-10-14-4-6-15(18)7-5-14/h4-9H,10H2,1-3H3,(H,19,20). The summed E-state index contributed by atoms with van der Waals surface area (Å²) < 4.78 is 0. The first-order chi connectivity index (χ1) is 9.47. The van der Waals surface area contributed by atoms with Crippen LogP contribution < -0.4 is 5.32 Å². The zero-order valence-corrected chi connectivity index (χ0v) is 12.7. The van der Waals surface area contributed by atoms with Gasteiger partial charge in [-0.2, -0.15) is 0 Å². The Bertz CT molecular complexity index is 609. The van der Waals surface area contributed by atoms with Crippen molar-refractivity contribution in [2.75, 3.05) is 0 Å². The summed E-state index contributed by atoms with van der Waals surface area (Å²) >= 11 is 5.84. The first kappa shape index (κ1) is 14.6. The number of halogens is 1. The van der Waals surface area contributed by atoms with E-state index in [4.69, 9.17) is 11.6 Å². The molecule has 0 fully saturated rings. The average Bonchev–Trinajstić information content (AvgIpc) is 2.37. The second kappa shape index (κ2) is 6.10. The van der Waals surface area contributed by atoms with E-state index >= 15 is 0 Å². The Balaban J connectivity index is 2.11. The first-order valence-electron chi connectivity index (χ1n) is 6.58. The van der Waals surface area contributed by atoms with Crippen LogP contribution in [0.2, 0.25) is 5.02 Å². The largest absolute Gasteiger partial charge is 0.348 e. The summed E-state index contributed by atoms with van der Waals surface area (Å²) in [5, 5.41) is 3.65. The van der Waals surface area contributed by atoms with Gasteiger partial charge in [0.1, 0.15) is 0 Å². The maximum atomic E-state index is 12.3. The summed E-state index contributed by atoms with van der Waals surface area (Å²) in [5.41, 5.74) is 5.00. The summed E-state index contributed by atoms with van der Waals surface area (Å²) in [4.78, 5) is 12.3. The van der Waals surface area contributed by atoms with Crippen LogP contribution in [0.1, 0.15) is 32.6 Å². The number of amides is 1. The summed E-state index contributed by atoms with van der Waals surface area (Å²) in [6, 6.07) is 11.5. The predicted molar refractivity (Wildman–Crippen MR) is 83.3 cm³/mol. The molecule has 0 heterocycles. The average molecular weight is 288 g/mol. The van der Waals surface area contributed by atoms with Crippen LogP contribution in [0.4, 0.5) is 0 Å². The molecule has 1 amide bonds. The van der Waals surface area contributed by atoms with Gasteiger partial charge >= 0.3 is 0 Å². The van der Waals surface area contributed by atoms with Crippen molar-refractivity contribution in [3.63, 3.8) is 0 Å². The Morgan fingerprint density at radius 2 is 1.60 bits per heavy atom. The van der Waals surface area contributed by atoms with Crippen LogP contribution in [-0.4, -0.2) is 5.91 Å². The molecule has 2 rings (SSSR count). The van der Waals surface area contributed by atoms with Gasteiger partial charge in [0.05, 0.1) is 0 Å². The molecule has 2 aromatic rings. The Morgan fingerprint density at radius 3 is 2.15 bits per heavy atom. The third-order valence-electron chi connectivity index (χ3n) is 3.27. The minimum Gasteiger partial charge on any atom is -0.348 e. The number of benzene rings is 2. The molecule has 0 unspecified atom stereocenters. The van der Waals surface area contributed by atoms with Gasteiger partial charge in [-0.3, -0.25) is 4.79 Å². The van der Waals surface area contributed by atoms with Crippen molar-refractivity contribution in [3.05, 3.63) is 69.2 Å². The SMILES string of the molecule is Cc1cc(C)c(C(=O)NCc2ccc(Cl)cc2)c(C)c1. The number of aryl methyl sites for hydroxylation is 3. The van der Waals surface area contributed by atoms with Gasteiger partial charge in [0.2, 0.25) is 0 Å². The van der Waals surface area contributed by atoms with Crippen LogP contribution >= 0.6 is 11.6 Å². The Kier molecular flexibility index (Phi) is 4.46. The molecule has 20 heavy (non-hydrogen) atoms. The number of carbonyl (C=O) groups is 1. The number of rotatable bonds is 3. The van der Waals surface area contributed by atoms with Gasteiger partial charge in [-0.25, -0.2) is 0 Å². The van der Waals surface area contributed by atoms with Crippen molar-refractivity contribution < 1.29 is 4.79 Å². The van der Waals surface area contributed by atoms with Crippen molar-refractivity contribution in [2.45, 2.75) is 27.3 Å². The zero-order valence-electron chi connectivity index (χ0n) is 12.0. The Labute approximate surface area is 124 Å². The molecular formula is C17H18ClNO. The summed E-state index contributed by atoms with van der Waals surface area (Å²) in [6.45, 7) is 6.48. The molecule has 3 heteroatoms. The monoisotopic (exact) mass is 287 g/mol. The molecule has 1 N–H and O–H groups in total. The molecule has 0 aliphatic heterocycles. The third-order valence-corrected chi connectivity index (χ3v) is 3.52. The lowest BCUT2D eigenvalue weighted by atomic mass is 9.99. The van der Waals surface area contributed by atoms with Gasteiger partial charge in [-0.15, -0.1) is 0 Å². The first-order valence-corrected chi connectivity index (χ1v) is 6.95. The van der Waals surface area contributed by atoms with Crippen LogP contribution in [0.3, 0.4) is 0 Å². The lowest BCUT2D eigenvalue weighted by Gasteiger charge is -2.12. The smallest absolute Gasteiger partial charge is 0.252 e. The van der Waals surface area contributed by atoms with Gasteiger partial charge in [-0.1, -0.05) is 41.4 Å².